The van der Waals surface area contributed by atoms with Crippen molar-refractivity contribution in [1.29, 1.82) is 0 Å². The van der Waals surface area contributed by atoms with E-state index in [0.29, 0.717) is 9.35 Å². The monoisotopic (exact) mass is 382 g/mol. The van der Waals surface area contributed by atoms with Crippen LogP contribution < -0.4 is 0 Å². The van der Waals surface area contributed by atoms with Gasteiger partial charge in [-0.05, 0) is 55.4 Å². The Labute approximate surface area is 117 Å². The average molecular weight is 384 g/mol. The van der Waals surface area contributed by atoms with Crippen LogP contribution in [-0.4, -0.2) is 5.11 Å². The van der Waals surface area contributed by atoms with Crippen LogP contribution in [0.1, 0.15) is 16.5 Å². The molecule has 1 aromatic heterocycles. The third-order valence-electron chi connectivity index (χ3n) is 2.25. The van der Waals surface area contributed by atoms with E-state index in [4.69, 9.17) is 0 Å². The fourth-order valence-corrected chi connectivity index (χ4v) is 3.35. The van der Waals surface area contributed by atoms with Gasteiger partial charge >= 0.3 is 0 Å². The standard InChI is InChI=1S/C11H6Br2F2OS/c12-5-1-2-7(14)8(9(5)15)10(16)11-6(13)3-4-17-11/h1-4,10,16H. The summed E-state index contributed by atoms with van der Waals surface area (Å²) in [5.41, 5.74) is -0.345. The largest absolute Gasteiger partial charge is 0.383 e. The summed E-state index contributed by atoms with van der Waals surface area (Å²) in [6, 6.07) is 4.11. The molecule has 1 unspecified atom stereocenters. The molecule has 0 spiro atoms. The highest BCUT2D eigenvalue weighted by atomic mass is 79.9. The smallest absolute Gasteiger partial charge is 0.146 e. The molecular formula is C11H6Br2F2OS. The normalized spacial score (nSPS) is 12.8. The first-order chi connectivity index (χ1) is 8.02. The van der Waals surface area contributed by atoms with Gasteiger partial charge in [-0.25, -0.2) is 8.78 Å². The number of hydrogen-bond donors (Lipinski definition) is 1. The highest BCUT2D eigenvalue weighted by Gasteiger charge is 2.24. The zero-order chi connectivity index (χ0) is 12.6. The van der Waals surface area contributed by atoms with Crippen molar-refractivity contribution >= 4 is 43.2 Å². The van der Waals surface area contributed by atoms with Crippen molar-refractivity contribution in [2.45, 2.75) is 6.10 Å². The maximum Gasteiger partial charge on any atom is 0.146 e. The third-order valence-corrected chi connectivity index (χ3v) is 4.78. The Balaban J connectivity index is 2.55. The van der Waals surface area contributed by atoms with E-state index in [1.54, 1.807) is 11.4 Å². The average Bonchev–Trinajstić information content (AvgIpc) is 2.70. The number of benzene rings is 1. The second-order valence-corrected chi connectivity index (χ2v) is 5.95. The van der Waals surface area contributed by atoms with Gasteiger partial charge in [0.05, 0.1) is 14.9 Å². The maximum atomic E-state index is 13.8. The molecule has 0 amide bonds. The van der Waals surface area contributed by atoms with E-state index >= 15 is 0 Å². The van der Waals surface area contributed by atoms with Crippen LogP contribution in [0.5, 0.6) is 0 Å². The second kappa shape index (κ2) is 5.14. The minimum absolute atomic E-state index is 0.126. The molecule has 1 heterocycles. The van der Waals surface area contributed by atoms with Crippen molar-refractivity contribution in [2.75, 3.05) is 0 Å². The fourth-order valence-electron chi connectivity index (χ4n) is 1.43. The number of rotatable bonds is 2. The van der Waals surface area contributed by atoms with Crippen LogP contribution in [0.15, 0.2) is 32.5 Å². The Hall–Kier alpha value is -0.300. The van der Waals surface area contributed by atoms with Gasteiger partial charge in [-0.2, -0.15) is 0 Å². The summed E-state index contributed by atoms with van der Waals surface area (Å²) >= 11 is 7.43. The van der Waals surface area contributed by atoms with Gasteiger partial charge in [-0.3, -0.25) is 0 Å². The van der Waals surface area contributed by atoms with Crippen molar-refractivity contribution < 1.29 is 13.9 Å². The molecule has 1 aromatic carbocycles. The van der Waals surface area contributed by atoms with Crippen LogP contribution in [0, 0.1) is 11.6 Å². The van der Waals surface area contributed by atoms with Crippen LogP contribution in [0.2, 0.25) is 0 Å². The van der Waals surface area contributed by atoms with Gasteiger partial charge in [0.25, 0.3) is 0 Å². The van der Waals surface area contributed by atoms with Crippen molar-refractivity contribution in [1.82, 2.24) is 0 Å². The highest BCUT2D eigenvalue weighted by molar-refractivity contribution is 9.10. The van der Waals surface area contributed by atoms with E-state index in [2.05, 4.69) is 31.9 Å². The summed E-state index contributed by atoms with van der Waals surface area (Å²) in [5.74, 6) is -1.55. The van der Waals surface area contributed by atoms with Gasteiger partial charge in [0.1, 0.15) is 17.7 Å². The molecule has 0 radical (unpaired) electrons. The van der Waals surface area contributed by atoms with Crippen LogP contribution >= 0.6 is 43.2 Å². The molecule has 2 rings (SSSR count). The molecule has 6 heteroatoms. The lowest BCUT2D eigenvalue weighted by molar-refractivity contribution is 0.212. The molecule has 0 fully saturated rings. The first-order valence-corrected chi connectivity index (χ1v) is 7.03. The Morgan fingerprint density at radius 1 is 1.12 bits per heavy atom. The molecular weight excluding hydrogens is 378 g/mol. The van der Waals surface area contributed by atoms with Crippen LogP contribution in [0.4, 0.5) is 8.78 Å². The molecule has 0 saturated carbocycles. The van der Waals surface area contributed by atoms with Gasteiger partial charge in [0.2, 0.25) is 0 Å². The minimum atomic E-state index is -1.32. The Bertz CT molecular complexity index is 556. The maximum absolute atomic E-state index is 13.8. The Kier molecular flexibility index (Phi) is 3.97. The summed E-state index contributed by atoms with van der Waals surface area (Å²) in [6.45, 7) is 0. The molecule has 0 aliphatic carbocycles. The van der Waals surface area contributed by atoms with Crippen molar-refractivity contribution in [3.63, 3.8) is 0 Å². The fraction of sp³-hybridized carbons (Fsp3) is 0.0909. The number of halogens is 4. The lowest BCUT2D eigenvalue weighted by Crippen LogP contribution is -2.05. The second-order valence-electron chi connectivity index (χ2n) is 3.29. The molecule has 0 aliphatic rings. The van der Waals surface area contributed by atoms with Crippen molar-refractivity contribution in [3.05, 3.63) is 54.6 Å². The van der Waals surface area contributed by atoms with E-state index in [1.807, 2.05) is 0 Å². The molecule has 0 saturated heterocycles. The van der Waals surface area contributed by atoms with E-state index < -0.39 is 17.7 Å². The quantitative estimate of drug-likeness (QED) is 0.749. The highest BCUT2D eigenvalue weighted by Crippen LogP contribution is 2.36. The Morgan fingerprint density at radius 2 is 1.82 bits per heavy atom. The molecule has 17 heavy (non-hydrogen) atoms. The lowest BCUT2D eigenvalue weighted by atomic mass is 10.1. The molecule has 0 aliphatic heterocycles. The lowest BCUT2D eigenvalue weighted by Gasteiger charge is -2.13. The predicted octanol–water partition coefficient (Wildman–Crippen LogP) is 4.63. The van der Waals surface area contributed by atoms with Gasteiger partial charge in [-0.1, -0.05) is 0 Å². The molecule has 2 aromatic rings. The molecule has 0 bridgehead atoms. The van der Waals surface area contributed by atoms with Crippen LogP contribution in [-0.2, 0) is 0 Å². The van der Waals surface area contributed by atoms with E-state index in [-0.39, 0.29) is 10.0 Å². The number of aliphatic hydroxyl groups is 1. The van der Waals surface area contributed by atoms with Crippen LogP contribution in [0.3, 0.4) is 0 Å². The van der Waals surface area contributed by atoms with E-state index in [9.17, 15) is 13.9 Å². The van der Waals surface area contributed by atoms with Crippen LogP contribution in [0.25, 0.3) is 0 Å². The SMILES string of the molecule is OC(c1sccc1Br)c1c(F)ccc(Br)c1F. The summed E-state index contributed by atoms with van der Waals surface area (Å²) in [6.07, 6.45) is -1.32. The zero-order valence-corrected chi connectivity index (χ0v) is 12.2. The number of hydrogen-bond acceptors (Lipinski definition) is 2. The number of thiophene rings is 1. The van der Waals surface area contributed by atoms with Gasteiger partial charge < -0.3 is 5.11 Å². The summed E-state index contributed by atoms with van der Waals surface area (Å²) in [4.78, 5) is 0.473. The predicted molar refractivity (Wildman–Crippen MR) is 70.1 cm³/mol. The summed E-state index contributed by atoms with van der Waals surface area (Å²) in [7, 11) is 0. The molecule has 1 N–H and O–H groups in total. The van der Waals surface area contributed by atoms with E-state index in [1.165, 1.54) is 17.4 Å². The number of aliphatic hydroxyl groups excluding tert-OH is 1. The topological polar surface area (TPSA) is 20.2 Å². The van der Waals surface area contributed by atoms with Gasteiger partial charge in [0.15, 0.2) is 0 Å². The molecule has 1 atom stereocenters. The van der Waals surface area contributed by atoms with Crippen molar-refractivity contribution in [3.8, 4) is 0 Å². The van der Waals surface area contributed by atoms with E-state index in [0.717, 1.165) is 6.07 Å². The van der Waals surface area contributed by atoms with Gasteiger partial charge in [-0.15, -0.1) is 11.3 Å². The Morgan fingerprint density at radius 3 is 2.41 bits per heavy atom. The first kappa shape index (κ1) is 13.1. The third kappa shape index (κ3) is 2.45. The minimum Gasteiger partial charge on any atom is -0.383 e. The molecule has 1 nitrogen and oxygen atoms in total. The summed E-state index contributed by atoms with van der Waals surface area (Å²) < 4.78 is 28.1. The zero-order valence-electron chi connectivity index (χ0n) is 8.25. The van der Waals surface area contributed by atoms with Gasteiger partial charge in [0, 0.05) is 4.47 Å². The van der Waals surface area contributed by atoms with Crippen molar-refractivity contribution in [2.24, 2.45) is 0 Å². The molecule has 90 valence electrons. The summed E-state index contributed by atoms with van der Waals surface area (Å²) in [5, 5.41) is 11.8. The first-order valence-electron chi connectivity index (χ1n) is 4.56.